The molecule has 0 spiro atoms. The van der Waals surface area contributed by atoms with Crippen LogP contribution in [0.5, 0.6) is 5.75 Å². The van der Waals surface area contributed by atoms with Gasteiger partial charge in [0.2, 0.25) is 0 Å². The van der Waals surface area contributed by atoms with Gasteiger partial charge in [0, 0.05) is 23.5 Å². The van der Waals surface area contributed by atoms with Crippen LogP contribution in [0.3, 0.4) is 0 Å². The van der Waals surface area contributed by atoms with Crippen molar-refractivity contribution in [2.45, 2.75) is 39.7 Å². The summed E-state index contributed by atoms with van der Waals surface area (Å²) in [6, 6.07) is 15.3. The van der Waals surface area contributed by atoms with E-state index in [4.69, 9.17) is 0 Å². The third kappa shape index (κ3) is 7.57. The Hall–Kier alpha value is -4.39. The predicted octanol–water partition coefficient (Wildman–Crippen LogP) is 7.48. The second kappa shape index (κ2) is 13.1. The van der Waals surface area contributed by atoms with E-state index in [2.05, 4.69) is 49.1 Å². The number of carbonyl (C=O) groups excluding carboxylic acids is 1. The Morgan fingerprint density at radius 1 is 1.07 bits per heavy atom. The molecule has 1 aliphatic heterocycles. The van der Waals surface area contributed by atoms with Crippen LogP contribution in [0.2, 0.25) is 0 Å². The third-order valence-electron chi connectivity index (χ3n) is 6.88. The molecular formula is C31H30F4N6O2S. The largest absolute Gasteiger partial charge is 0.573 e. The molecular weight excluding hydrogens is 596 g/mol. The Morgan fingerprint density at radius 3 is 2.41 bits per heavy atom. The number of benzene rings is 3. The summed E-state index contributed by atoms with van der Waals surface area (Å²) in [6.45, 7) is 6.65. The Labute approximate surface area is 256 Å². The molecule has 0 saturated carbocycles. The fourth-order valence-electron chi connectivity index (χ4n) is 5.04. The number of halogens is 4. The summed E-state index contributed by atoms with van der Waals surface area (Å²) >= 11 is 1.51. The molecule has 1 atom stereocenters. The first-order valence-corrected chi connectivity index (χ1v) is 14.8. The fourth-order valence-corrected chi connectivity index (χ4v) is 5.98. The van der Waals surface area contributed by atoms with E-state index in [1.54, 1.807) is 24.3 Å². The zero-order valence-corrected chi connectivity index (χ0v) is 25.0. The van der Waals surface area contributed by atoms with E-state index in [0.29, 0.717) is 27.8 Å². The molecule has 3 aromatic carbocycles. The standard InChI is InChI=1S/C31H30F4N6O2S/c1-19-15-20(2)27(21(3)16-19)40-13-4-14-44-30(40)38-29(42)36-17-26(32)22-5-7-23(8-6-22)28-37-18-41(39-28)24-9-11-25(12-10-24)43-31(33,34)35/h5-12,15-16,18,26H,4,13-14,17H2,1-3H3,(H,36,42). The molecule has 1 aromatic heterocycles. The molecule has 0 radical (unpaired) electrons. The molecule has 4 aromatic rings. The lowest BCUT2D eigenvalue weighted by molar-refractivity contribution is -0.274. The van der Waals surface area contributed by atoms with Gasteiger partial charge in [-0.25, -0.2) is 18.9 Å². The Balaban J connectivity index is 1.19. The molecule has 44 heavy (non-hydrogen) atoms. The van der Waals surface area contributed by atoms with Crippen molar-refractivity contribution < 1.29 is 27.1 Å². The highest BCUT2D eigenvalue weighted by Crippen LogP contribution is 2.32. The van der Waals surface area contributed by atoms with Gasteiger partial charge in [-0.2, -0.15) is 4.99 Å². The quantitative estimate of drug-likeness (QED) is 0.214. The van der Waals surface area contributed by atoms with Gasteiger partial charge >= 0.3 is 12.4 Å². The Morgan fingerprint density at radius 2 is 1.75 bits per heavy atom. The summed E-state index contributed by atoms with van der Waals surface area (Å²) in [5.74, 6) is 0.852. The van der Waals surface area contributed by atoms with Crippen molar-refractivity contribution in [2.24, 2.45) is 4.99 Å². The van der Waals surface area contributed by atoms with Gasteiger partial charge in [-0.3, -0.25) is 0 Å². The molecule has 0 bridgehead atoms. The number of urea groups is 1. The smallest absolute Gasteiger partial charge is 0.406 e. The van der Waals surface area contributed by atoms with E-state index in [0.717, 1.165) is 35.5 Å². The van der Waals surface area contributed by atoms with Crippen molar-refractivity contribution in [1.29, 1.82) is 0 Å². The zero-order valence-electron chi connectivity index (χ0n) is 24.2. The molecule has 1 saturated heterocycles. The van der Waals surface area contributed by atoms with Crippen molar-refractivity contribution >= 4 is 28.6 Å². The summed E-state index contributed by atoms with van der Waals surface area (Å²) < 4.78 is 57.5. The molecule has 1 aliphatic rings. The second-order valence-electron chi connectivity index (χ2n) is 10.3. The number of aromatic nitrogens is 3. The van der Waals surface area contributed by atoms with E-state index in [-0.39, 0.29) is 12.3 Å². The van der Waals surface area contributed by atoms with E-state index in [1.165, 1.54) is 52.6 Å². The van der Waals surface area contributed by atoms with Crippen LogP contribution in [0.1, 0.15) is 34.8 Å². The molecule has 2 amide bonds. The summed E-state index contributed by atoms with van der Waals surface area (Å²) in [7, 11) is 0. The number of thioether (sulfide) groups is 1. The van der Waals surface area contributed by atoms with Crippen molar-refractivity contribution in [1.82, 2.24) is 20.1 Å². The lowest BCUT2D eigenvalue weighted by atomic mass is 10.0. The van der Waals surface area contributed by atoms with Gasteiger partial charge in [-0.05, 0) is 68.1 Å². The number of anilines is 1. The highest BCUT2D eigenvalue weighted by atomic mass is 32.2. The van der Waals surface area contributed by atoms with Crippen LogP contribution in [0.15, 0.2) is 72.0 Å². The average Bonchev–Trinajstić information content (AvgIpc) is 3.46. The number of nitrogens with zero attached hydrogens (tertiary/aromatic N) is 5. The van der Waals surface area contributed by atoms with Gasteiger partial charge in [-0.1, -0.05) is 53.7 Å². The molecule has 230 valence electrons. The highest BCUT2D eigenvalue weighted by molar-refractivity contribution is 8.14. The molecule has 1 fully saturated rings. The van der Waals surface area contributed by atoms with Crippen LogP contribution in [0, 0.1) is 20.8 Å². The first-order chi connectivity index (χ1) is 21.0. The summed E-state index contributed by atoms with van der Waals surface area (Å²) in [5.41, 5.74) is 5.90. The summed E-state index contributed by atoms with van der Waals surface area (Å²) in [6.07, 6.45) is -3.86. The number of aryl methyl sites for hydroxylation is 3. The van der Waals surface area contributed by atoms with Gasteiger partial charge in [0.25, 0.3) is 0 Å². The van der Waals surface area contributed by atoms with E-state index < -0.39 is 18.6 Å². The Kier molecular flexibility index (Phi) is 9.23. The summed E-state index contributed by atoms with van der Waals surface area (Å²) in [4.78, 5) is 23.3. The number of amides is 2. The molecule has 8 nitrogen and oxygen atoms in total. The average molecular weight is 627 g/mol. The number of ether oxygens (including phenoxy) is 1. The van der Waals surface area contributed by atoms with E-state index >= 15 is 4.39 Å². The minimum absolute atomic E-state index is 0.247. The van der Waals surface area contributed by atoms with Crippen molar-refractivity contribution in [3.8, 4) is 22.8 Å². The van der Waals surface area contributed by atoms with Crippen LogP contribution in [0.25, 0.3) is 17.1 Å². The van der Waals surface area contributed by atoms with Crippen molar-refractivity contribution in [2.75, 3.05) is 23.7 Å². The lowest BCUT2D eigenvalue weighted by Crippen LogP contribution is -2.37. The number of alkyl halides is 4. The predicted molar refractivity (Wildman–Crippen MR) is 163 cm³/mol. The SMILES string of the molecule is Cc1cc(C)c(N2CCCSC2=NC(=O)NCC(F)c2ccc(-c3ncn(-c4ccc(OC(F)(F)F)cc4)n3)cc2)c(C)c1. The number of hydrogen-bond donors (Lipinski definition) is 1. The maximum absolute atomic E-state index is 15.1. The molecule has 2 heterocycles. The maximum Gasteiger partial charge on any atom is 0.573 e. The number of aliphatic imine (C=N–C) groups is 1. The van der Waals surface area contributed by atoms with E-state index in [9.17, 15) is 18.0 Å². The number of carbonyl (C=O) groups is 1. The van der Waals surface area contributed by atoms with Gasteiger partial charge in [-0.15, -0.1) is 18.3 Å². The first-order valence-electron chi connectivity index (χ1n) is 13.8. The zero-order chi connectivity index (χ0) is 31.4. The molecule has 13 heteroatoms. The molecule has 5 rings (SSSR count). The van der Waals surface area contributed by atoms with Gasteiger partial charge in [0.15, 0.2) is 11.0 Å². The topological polar surface area (TPSA) is 84.6 Å². The van der Waals surface area contributed by atoms with Crippen LogP contribution >= 0.6 is 11.8 Å². The normalized spacial score (nSPS) is 15.3. The van der Waals surface area contributed by atoms with Crippen molar-refractivity contribution in [3.63, 3.8) is 0 Å². The molecule has 1 unspecified atom stereocenters. The van der Waals surface area contributed by atoms with Gasteiger partial charge < -0.3 is 15.0 Å². The Bertz CT molecular complexity index is 1630. The first kappa shape index (κ1) is 31.0. The second-order valence-corrected chi connectivity index (χ2v) is 11.4. The molecule has 1 N–H and O–H groups in total. The minimum Gasteiger partial charge on any atom is -0.406 e. The number of amidine groups is 1. The van der Waals surface area contributed by atoms with Crippen LogP contribution in [-0.4, -0.2) is 51.2 Å². The number of nitrogens with one attached hydrogen (secondary N) is 1. The maximum atomic E-state index is 15.1. The molecule has 0 aliphatic carbocycles. The lowest BCUT2D eigenvalue weighted by Gasteiger charge is -2.32. The van der Waals surface area contributed by atoms with Gasteiger partial charge in [0.1, 0.15) is 18.2 Å². The fraction of sp³-hybridized carbons (Fsp3) is 0.290. The van der Waals surface area contributed by atoms with Gasteiger partial charge in [0.05, 0.1) is 12.2 Å². The van der Waals surface area contributed by atoms with Crippen molar-refractivity contribution in [3.05, 3.63) is 89.2 Å². The summed E-state index contributed by atoms with van der Waals surface area (Å²) in [5, 5.41) is 7.54. The number of rotatable bonds is 7. The van der Waals surface area contributed by atoms with Crippen LogP contribution in [0.4, 0.5) is 28.0 Å². The highest BCUT2D eigenvalue weighted by Gasteiger charge is 2.31. The minimum atomic E-state index is -4.77. The number of hydrogen-bond acceptors (Lipinski definition) is 5. The third-order valence-corrected chi connectivity index (χ3v) is 7.94. The van der Waals surface area contributed by atoms with E-state index in [1.807, 2.05) is 13.8 Å². The van der Waals surface area contributed by atoms with Crippen LogP contribution < -0.4 is 15.0 Å². The monoisotopic (exact) mass is 626 g/mol. The van der Waals surface area contributed by atoms with Crippen LogP contribution in [-0.2, 0) is 0 Å².